The van der Waals surface area contributed by atoms with Gasteiger partial charge in [-0.05, 0) is 37.4 Å². The van der Waals surface area contributed by atoms with Gasteiger partial charge in [0.15, 0.2) is 6.10 Å². The summed E-state index contributed by atoms with van der Waals surface area (Å²) in [4.78, 5) is 24.0. The van der Waals surface area contributed by atoms with Crippen LogP contribution in [0.4, 0.5) is 5.00 Å². The Morgan fingerprint density at radius 3 is 2.85 bits per heavy atom. The van der Waals surface area contributed by atoms with Gasteiger partial charge in [-0.3, -0.25) is 4.79 Å². The molecule has 2 aromatic rings. The number of rotatable bonds is 7. The topological polar surface area (TPSA) is 88.4 Å². The number of amides is 1. The van der Waals surface area contributed by atoms with Crippen molar-refractivity contribution in [3.05, 3.63) is 52.9 Å². The van der Waals surface area contributed by atoms with E-state index in [0.29, 0.717) is 22.9 Å². The average molecular weight is 370 g/mol. The summed E-state index contributed by atoms with van der Waals surface area (Å²) in [5.74, 6) is -0.488. The van der Waals surface area contributed by atoms with Gasteiger partial charge in [0.1, 0.15) is 16.8 Å². The third-order valence-electron chi connectivity index (χ3n) is 3.30. The first-order valence-corrected chi connectivity index (χ1v) is 8.82. The fourth-order valence-corrected chi connectivity index (χ4v) is 2.78. The van der Waals surface area contributed by atoms with Crippen LogP contribution in [-0.4, -0.2) is 24.6 Å². The van der Waals surface area contributed by atoms with E-state index in [1.165, 1.54) is 24.3 Å². The monoisotopic (exact) mass is 370 g/mol. The van der Waals surface area contributed by atoms with E-state index in [0.717, 1.165) is 5.56 Å². The number of hydrogen-bond acceptors (Lipinski definition) is 6. The van der Waals surface area contributed by atoms with Gasteiger partial charge < -0.3 is 14.8 Å². The zero-order valence-corrected chi connectivity index (χ0v) is 15.2. The second-order valence-corrected chi connectivity index (χ2v) is 6.06. The van der Waals surface area contributed by atoms with Gasteiger partial charge in [-0.15, -0.1) is 11.3 Å². The van der Waals surface area contributed by atoms with E-state index in [1.807, 2.05) is 31.2 Å². The van der Waals surface area contributed by atoms with Gasteiger partial charge in [-0.2, -0.15) is 5.26 Å². The van der Waals surface area contributed by atoms with Gasteiger partial charge in [0.25, 0.3) is 5.91 Å². The van der Waals surface area contributed by atoms with E-state index < -0.39 is 18.0 Å². The van der Waals surface area contributed by atoms with Crippen molar-refractivity contribution in [2.45, 2.75) is 20.0 Å². The fourth-order valence-electron chi connectivity index (χ4n) is 2.04. The number of thiophene rings is 1. The molecule has 0 aliphatic carbocycles. The first kappa shape index (κ1) is 19.2. The number of esters is 1. The van der Waals surface area contributed by atoms with Crippen LogP contribution in [0.5, 0.6) is 5.75 Å². The Balaban J connectivity index is 1.94. The molecule has 0 aliphatic rings. The van der Waals surface area contributed by atoms with E-state index in [4.69, 9.17) is 14.7 Å². The summed E-state index contributed by atoms with van der Waals surface area (Å²) in [6.07, 6.45) is 1.82. The summed E-state index contributed by atoms with van der Waals surface area (Å²) in [5.41, 5.74) is 1.11. The number of anilines is 1. The largest absolute Gasteiger partial charge is 0.493 e. The van der Waals surface area contributed by atoms with E-state index >= 15 is 0 Å². The highest BCUT2D eigenvalue weighted by Gasteiger charge is 2.18. The third-order valence-corrected chi connectivity index (χ3v) is 4.13. The molecule has 1 aromatic heterocycles. The molecule has 0 bridgehead atoms. The lowest BCUT2D eigenvalue weighted by molar-refractivity contribution is -0.148. The number of nitrogens with zero attached hydrogens (tertiary/aromatic N) is 1. The molecule has 7 heteroatoms. The lowest BCUT2D eigenvalue weighted by atomic mass is 10.2. The van der Waals surface area contributed by atoms with E-state index in [1.54, 1.807) is 23.6 Å². The van der Waals surface area contributed by atoms with Gasteiger partial charge in [-0.1, -0.05) is 18.2 Å². The summed E-state index contributed by atoms with van der Waals surface area (Å²) < 4.78 is 10.6. The minimum atomic E-state index is -0.997. The summed E-state index contributed by atoms with van der Waals surface area (Å²) in [7, 11) is 0. The number of carbonyl (C=O) groups excluding carboxylic acids is 2. The second-order valence-electron chi connectivity index (χ2n) is 5.15. The van der Waals surface area contributed by atoms with Crippen LogP contribution in [0.1, 0.15) is 25.0 Å². The number of benzene rings is 1. The van der Waals surface area contributed by atoms with E-state index in [-0.39, 0.29) is 0 Å². The predicted molar refractivity (Wildman–Crippen MR) is 99.9 cm³/mol. The van der Waals surface area contributed by atoms with Crippen molar-refractivity contribution in [1.29, 1.82) is 5.26 Å². The van der Waals surface area contributed by atoms with Gasteiger partial charge in [0, 0.05) is 11.6 Å². The molecule has 1 aromatic carbocycles. The first-order chi connectivity index (χ1) is 12.5. The Morgan fingerprint density at radius 2 is 2.12 bits per heavy atom. The van der Waals surface area contributed by atoms with Crippen molar-refractivity contribution >= 4 is 34.3 Å². The molecule has 1 amide bonds. The molecule has 0 radical (unpaired) electrons. The highest BCUT2D eigenvalue weighted by Crippen LogP contribution is 2.22. The Labute approximate surface area is 155 Å². The average Bonchev–Trinajstić information content (AvgIpc) is 3.08. The molecule has 26 heavy (non-hydrogen) atoms. The maximum absolute atomic E-state index is 12.1. The minimum Gasteiger partial charge on any atom is -0.493 e. The molecular weight excluding hydrogens is 352 g/mol. The Hall–Kier alpha value is -3.11. The smallest absolute Gasteiger partial charge is 0.331 e. The van der Waals surface area contributed by atoms with Crippen LogP contribution in [0.25, 0.3) is 6.08 Å². The molecule has 1 unspecified atom stereocenters. The van der Waals surface area contributed by atoms with Gasteiger partial charge in [-0.25, -0.2) is 4.79 Å². The maximum Gasteiger partial charge on any atom is 0.331 e. The van der Waals surface area contributed by atoms with Crippen molar-refractivity contribution in [2.75, 3.05) is 11.9 Å². The molecular formula is C19H18N2O4S. The highest BCUT2D eigenvalue weighted by molar-refractivity contribution is 7.14. The molecule has 6 nitrogen and oxygen atoms in total. The summed E-state index contributed by atoms with van der Waals surface area (Å²) in [6, 6.07) is 10.9. The minimum absolute atomic E-state index is 0.370. The van der Waals surface area contributed by atoms with E-state index in [9.17, 15) is 9.59 Å². The Bertz CT molecular complexity index is 851. The fraction of sp³-hybridized carbons (Fsp3) is 0.211. The molecule has 134 valence electrons. The van der Waals surface area contributed by atoms with Crippen LogP contribution >= 0.6 is 11.3 Å². The van der Waals surface area contributed by atoms with Gasteiger partial charge in [0.05, 0.1) is 12.2 Å². The van der Waals surface area contributed by atoms with Gasteiger partial charge in [0.2, 0.25) is 0 Å². The molecule has 2 rings (SSSR count). The van der Waals surface area contributed by atoms with E-state index in [2.05, 4.69) is 5.32 Å². The zero-order valence-electron chi connectivity index (χ0n) is 14.4. The van der Waals surface area contributed by atoms with Crippen LogP contribution in [-0.2, 0) is 14.3 Å². The molecule has 0 saturated heterocycles. The van der Waals surface area contributed by atoms with Crippen molar-refractivity contribution < 1.29 is 19.1 Å². The molecule has 0 fully saturated rings. The Kier molecular flexibility index (Phi) is 6.94. The SMILES string of the molecule is CCOc1ccccc1/C=C/C(=O)OC(C)C(=O)Nc1sccc1C#N. The van der Waals surface area contributed by atoms with Gasteiger partial charge >= 0.3 is 5.97 Å². The normalized spacial score (nSPS) is 11.6. The second kappa shape index (κ2) is 9.39. The molecule has 0 saturated carbocycles. The summed E-state index contributed by atoms with van der Waals surface area (Å²) in [6.45, 7) is 3.86. The molecule has 1 N–H and O–H groups in total. The number of ether oxygens (including phenoxy) is 2. The van der Waals surface area contributed by atoms with Crippen molar-refractivity contribution in [3.63, 3.8) is 0 Å². The van der Waals surface area contributed by atoms with Crippen molar-refractivity contribution in [1.82, 2.24) is 0 Å². The molecule has 0 spiro atoms. The maximum atomic E-state index is 12.1. The predicted octanol–water partition coefficient (Wildman–Crippen LogP) is 3.60. The van der Waals surface area contributed by atoms with Crippen molar-refractivity contribution in [3.8, 4) is 11.8 Å². The molecule has 1 heterocycles. The number of carbonyl (C=O) groups is 2. The summed E-state index contributed by atoms with van der Waals surface area (Å²) >= 11 is 1.23. The summed E-state index contributed by atoms with van der Waals surface area (Å²) in [5, 5.41) is 13.7. The highest BCUT2D eigenvalue weighted by atomic mass is 32.1. The third kappa shape index (κ3) is 5.19. The molecule has 0 aliphatic heterocycles. The standard InChI is InChI=1S/C19H18N2O4S/c1-3-24-16-7-5-4-6-14(16)8-9-17(22)25-13(2)18(23)21-19-15(12-20)10-11-26-19/h4-11,13H,3H2,1-2H3,(H,21,23)/b9-8+. The molecule has 1 atom stereocenters. The van der Waals surface area contributed by atoms with Crippen LogP contribution in [0.2, 0.25) is 0 Å². The van der Waals surface area contributed by atoms with Crippen LogP contribution in [0, 0.1) is 11.3 Å². The van der Waals surface area contributed by atoms with Crippen LogP contribution < -0.4 is 10.1 Å². The number of hydrogen-bond donors (Lipinski definition) is 1. The number of nitrogens with one attached hydrogen (secondary N) is 1. The zero-order chi connectivity index (χ0) is 18.9. The Morgan fingerprint density at radius 1 is 1.35 bits per heavy atom. The van der Waals surface area contributed by atoms with Crippen LogP contribution in [0.15, 0.2) is 41.8 Å². The lowest BCUT2D eigenvalue weighted by Crippen LogP contribution is -2.29. The number of para-hydroxylation sites is 1. The first-order valence-electron chi connectivity index (χ1n) is 7.94. The van der Waals surface area contributed by atoms with Crippen molar-refractivity contribution in [2.24, 2.45) is 0 Å². The lowest BCUT2D eigenvalue weighted by Gasteiger charge is -2.11. The quantitative estimate of drug-likeness (QED) is 0.594. The van der Waals surface area contributed by atoms with Crippen LogP contribution in [0.3, 0.4) is 0 Å². The number of nitriles is 1.